The van der Waals surface area contributed by atoms with E-state index in [1.165, 1.54) is 20.1 Å². The Hall–Kier alpha value is -1.09. The fourth-order valence-corrected chi connectivity index (χ4v) is 1.64. The van der Waals surface area contributed by atoms with Crippen molar-refractivity contribution < 1.29 is 13.9 Å². The molecular weight excluding hydrogens is 219 g/mol. The van der Waals surface area contributed by atoms with E-state index >= 15 is 0 Å². The summed E-state index contributed by atoms with van der Waals surface area (Å²) in [5.74, 6) is -0.491. The van der Waals surface area contributed by atoms with Gasteiger partial charge in [-0.15, -0.1) is 0 Å². The number of halogens is 2. The van der Waals surface area contributed by atoms with Crippen LogP contribution in [0.1, 0.15) is 18.1 Å². The molecule has 15 heavy (non-hydrogen) atoms. The zero-order valence-corrected chi connectivity index (χ0v) is 9.61. The van der Waals surface area contributed by atoms with Crippen LogP contribution in [0.3, 0.4) is 0 Å². The molecule has 0 saturated heterocycles. The van der Waals surface area contributed by atoms with Crippen LogP contribution in [0.15, 0.2) is 6.07 Å². The van der Waals surface area contributed by atoms with E-state index in [4.69, 9.17) is 16.3 Å². The van der Waals surface area contributed by atoms with Crippen LogP contribution in [0.2, 0.25) is 5.02 Å². The van der Waals surface area contributed by atoms with E-state index in [0.717, 1.165) is 0 Å². The molecule has 0 aliphatic rings. The third-order valence-corrected chi connectivity index (χ3v) is 2.58. The standard InChI is InChI=1S/C11H12ClFO2/c1-6(14)4-8-7(2)9(12)5-10(13)11(8)15-3/h5H,4H2,1-3H3. The Morgan fingerprint density at radius 3 is 2.67 bits per heavy atom. The summed E-state index contributed by atoms with van der Waals surface area (Å²) in [5.41, 5.74) is 1.21. The van der Waals surface area contributed by atoms with Gasteiger partial charge in [0.2, 0.25) is 0 Å². The molecule has 0 fully saturated rings. The summed E-state index contributed by atoms with van der Waals surface area (Å²) in [7, 11) is 1.37. The molecule has 0 bridgehead atoms. The Bertz CT molecular complexity index is 402. The maximum Gasteiger partial charge on any atom is 0.166 e. The molecule has 1 aromatic rings. The SMILES string of the molecule is COc1c(F)cc(Cl)c(C)c1CC(C)=O. The number of benzene rings is 1. The molecule has 0 aromatic heterocycles. The molecule has 0 N–H and O–H groups in total. The van der Waals surface area contributed by atoms with Crippen LogP contribution < -0.4 is 4.74 Å². The van der Waals surface area contributed by atoms with E-state index in [2.05, 4.69) is 0 Å². The smallest absolute Gasteiger partial charge is 0.166 e. The Morgan fingerprint density at radius 2 is 2.20 bits per heavy atom. The molecule has 4 heteroatoms. The van der Waals surface area contributed by atoms with E-state index in [0.29, 0.717) is 16.1 Å². The Balaban J connectivity index is 3.36. The zero-order chi connectivity index (χ0) is 11.6. The highest BCUT2D eigenvalue weighted by Crippen LogP contribution is 2.31. The van der Waals surface area contributed by atoms with Gasteiger partial charge in [0, 0.05) is 17.0 Å². The zero-order valence-electron chi connectivity index (χ0n) is 8.86. The van der Waals surface area contributed by atoms with Gasteiger partial charge < -0.3 is 4.74 Å². The number of ether oxygens (including phenoxy) is 1. The van der Waals surface area contributed by atoms with Crippen molar-refractivity contribution in [1.82, 2.24) is 0 Å². The molecule has 0 radical (unpaired) electrons. The molecule has 82 valence electrons. The van der Waals surface area contributed by atoms with Crippen LogP contribution in [-0.2, 0) is 11.2 Å². The summed E-state index contributed by atoms with van der Waals surface area (Å²) in [6, 6.07) is 1.19. The maximum absolute atomic E-state index is 13.4. The molecule has 0 atom stereocenters. The fraction of sp³-hybridized carbons (Fsp3) is 0.364. The number of methoxy groups -OCH3 is 1. The highest BCUT2D eigenvalue weighted by Gasteiger charge is 2.16. The van der Waals surface area contributed by atoms with Crippen molar-refractivity contribution in [3.8, 4) is 5.75 Å². The first kappa shape index (κ1) is 12.0. The van der Waals surface area contributed by atoms with Crippen molar-refractivity contribution in [2.24, 2.45) is 0 Å². The number of carbonyl (C=O) groups is 1. The number of ketones is 1. The highest BCUT2D eigenvalue weighted by molar-refractivity contribution is 6.31. The van der Waals surface area contributed by atoms with Gasteiger partial charge in [-0.2, -0.15) is 0 Å². The summed E-state index contributed by atoms with van der Waals surface area (Å²) in [5, 5.41) is 0.310. The van der Waals surface area contributed by atoms with E-state index in [-0.39, 0.29) is 18.0 Å². The molecule has 0 aliphatic carbocycles. The number of hydrogen-bond donors (Lipinski definition) is 0. The quantitative estimate of drug-likeness (QED) is 0.798. The van der Waals surface area contributed by atoms with Crippen molar-refractivity contribution in [3.63, 3.8) is 0 Å². The summed E-state index contributed by atoms with van der Waals surface area (Å²) >= 11 is 5.82. The van der Waals surface area contributed by atoms with Crippen molar-refractivity contribution in [3.05, 3.63) is 28.0 Å². The first-order valence-corrected chi connectivity index (χ1v) is 4.86. The first-order valence-electron chi connectivity index (χ1n) is 4.48. The second kappa shape index (κ2) is 4.62. The topological polar surface area (TPSA) is 26.3 Å². The van der Waals surface area contributed by atoms with Gasteiger partial charge in [0.1, 0.15) is 5.78 Å². The second-order valence-corrected chi connectivity index (χ2v) is 3.76. The molecule has 0 aliphatic heterocycles. The summed E-state index contributed by atoms with van der Waals surface area (Å²) in [6.45, 7) is 3.18. The van der Waals surface area contributed by atoms with Crippen molar-refractivity contribution in [2.75, 3.05) is 7.11 Å². The molecule has 0 unspecified atom stereocenters. The normalized spacial score (nSPS) is 10.2. The third kappa shape index (κ3) is 2.48. The Kier molecular flexibility index (Phi) is 3.69. The minimum Gasteiger partial charge on any atom is -0.493 e. The highest BCUT2D eigenvalue weighted by atomic mass is 35.5. The lowest BCUT2D eigenvalue weighted by molar-refractivity contribution is -0.116. The lowest BCUT2D eigenvalue weighted by Gasteiger charge is -2.12. The molecule has 0 heterocycles. The minimum atomic E-state index is -0.538. The van der Waals surface area contributed by atoms with Crippen LogP contribution in [0.25, 0.3) is 0 Å². The lowest BCUT2D eigenvalue weighted by atomic mass is 10.0. The molecule has 1 aromatic carbocycles. The van der Waals surface area contributed by atoms with E-state index in [1.54, 1.807) is 6.92 Å². The van der Waals surface area contributed by atoms with E-state index in [9.17, 15) is 9.18 Å². The fourth-order valence-electron chi connectivity index (χ4n) is 1.43. The largest absolute Gasteiger partial charge is 0.493 e. The summed E-state index contributed by atoms with van der Waals surface area (Å²) < 4.78 is 18.3. The minimum absolute atomic E-state index is 0.0573. The molecular formula is C11H12ClFO2. The lowest BCUT2D eigenvalue weighted by Crippen LogP contribution is -2.04. The van der Waals surface area contributed by atoms with E-state index < -0.39 is 5.82 Å². The van der Waals surface area contributed by atoms with E-state index in [1.807, 2.05) is 0 Å². The second-order valence-electron chi connectivity index (χ2n) is 3.36. The predicted octanol–water partition coefficient (Wildman–Crippen LogP) is 2.93. The predicted molar refractivity (Wildman–Crippen MR) is 57.1 cm³/mol. The molecule has 0 spiro atoms. The van der Waals surface area contributed by atoms with Gasteiger partial charge in [0.15, 0.2) is 11.6 Å². The van der Waals surface area contributed by atoms with Crippen molar-refractivity contribution in [2.45, 2.75) is 20.3 Å². The molecule has 0 saturated carbocycles. The number of hydrogen-bond acceptors (Lipinski definition) is 2. The van der Waals surface area contributed by atoms with Crippen LogP contribution in [-0.4, -0.2) is 12.9 Å². The number of Topliss-reactive ketones (excluding diaryl/α,β-unsaturated/α-hetero) is 1. The Morgan fingerprint density at radius 1 is 1.60 bits per heavy atom. The maximum atomic E-state index is 13.4. The van der Waals surface area contributed by atoms with Crippen LogP contribution >= 0.6 is 11.6 Å². The van der Waals surface area contributed by atoms with Gasteiger partial charge in [0.25, 0.3) is 0 Å². The van der Waals surface area contributed by atoms with Gasteiger partial charge in [-0.1, -0.05) is 11.6 Å². The van der Waals surface area contributed by atoms with Gasteiger partial charge in [0.05, 0.1) is 7.11 Å². The first-order chi connectivity index (χ1) is 6.97. The van der Waals surface area contributed by atoms with Crippen LogP contribution in [0.4, 0.5) is 4.39 Å². The summed E-state index contributed by atoms with van der Waals surface area (Å²) in [6.07, 6.45) is 0.131. The molecule has 1 rings (SSSR count). The average Bonchev–Trinajstić information content (AvgIpc) is 2.13. The van der Waals surface area contributed by atoms with Crippen LogP contribution in [0, 0.1) is 12.7 Å². The van der Waals surface area contributed by atoms with Crippen molar-refractivity contribution >= 4 is 17.4 Å². The van der Waals surface area contributed by atoms with Gasteiger partial charge >= 0.3 is 0 Å². The molecule has 2 nitrogen and oxygen atoms in total. The summed E-state index contributed by atoms with van der Waals surface area (Å²) in [4.78, 5) is 11.0. The number of rotatable bonds is 3. The van der Waals surface area contributed by atoms with Gasteiger partial charge in [-0.05, 0) is 25.5 Å². The van der Waals surface area contributed by atoms with Crippen molar-refractivity contribution in [1.29, 1.82) is 0 Å². The van der Waals surface area contributed by atoms with Gasteiger partial charge in [-0.25, -0.2) is 4.39 Å². The van der Waals surface area contributed by atoms with Gasteiger partial charge in [-0.3, -0.25) is 4.79 Å². The number of carbonyl (C=O) groups excluding carboxylic acids is 1. The average molecular weight is 231 g/mol. The monoisotopic (exact) mass is 230 g/mol. The Labute approximate surface area is 93.0 Å². The van der Waals surface area contributed by atoms with Crippen LogP contribution in [0.5, 0.6) is 5.75 Å². The third-order valence-electron chi connectivity index (χ3n) is 2.19. The molecule has 0 amide bonds.